The van der Waals surface area contributed by atoms with Crippen molar-refractivity contribution in [2.75, 3.05) is 0 Å². The maximum Gasteiger partial charge on any atom is 0.317 e. The smallest absolute Gasteiger partial charge is 0.317 e. The van der Waals surface area contributed by atoms with Crippen LogP contribution in [0.5, 0.6) is 0 Å². The molecular weight excluding hydrogens is 362 g/mol. The number of aliphatic carboxylic acids is 1. The minimum Gasteiger partial charge on any atom is -0.481 e. The maximum absolute atomic E-state index is 12.5. The van der Waals surface area contributed by atoms with Gasteiger partial charge < -0.3 is 14.3 Å². The van der Waals surface area contributed by atoms with Crippen LogP contribution in [0.25, 0.3) is 11.5 Å². The van der Waals surface area contributed by atoms with Crippen LogP contribution in [-0.4, -0.2) is 28.0 Å². The molecule has 7 heteroatoms. The summed E-state index contributed by atoms with van der Waals surface area (Å²) in [6.45, 7) is 2.02. The molecule has 1 N–H and O–H groups in total. The minimum atomic E-state index is -1.03. The number of oxazole rings is 1. The number of carbonyl (C=O) groups is 3. The van der Waals surface area contributed by atoms with Crippen LogP contribution in [0.15, 0.2) is 34.7 Å². The fraction of sp³-hybridized carbons (Fsp3) is 0.429. The number of carbonyl (C=O) groups excluding carboxylic acids is 2. The summed E-state index contributed by atoms with van der Waals surface area (Å²) >= 11 is 0. The van der Waals surface area contributed by atoms with Crippen molar-refractivity contribution < 1.29 is 28.6 Å². The molecule has 28 heavy (non-hydrogen) atoms. The van der Waals surface area contributed by atoms with Gasteiger partial charge in [-0.1, -0.05) is 25.1 Å². The van der Waals surface area contributed by atoms with E-state index in [9.17, 15) is 14.4 Å². The Morgan fingerprint density at radius 1 is 1.14 bits per heavy atom. The summed E-state index contributed by atoms with van der Waals surface area (Å²) in [5.41, 5.74) is 1.74. The number of hydrogen-bond acceptors (Lipinski definition) is 6. The molecule has 2 aliphatic rings. The highest BCUT2D eigenvalue weighted by atomic mass is 16.6. The summed E-state index contributed by atoms with van der Waals surface area (Å²) in [4.78, 5) is 40.1. The normalized spacial score (nSPS) is 25.6. The molecule has 1 heterocycles. The lowest BCUT2D eigenvalue weighted by Gasteiger charge is -2.24. The summed E-state index contributed by atoms with van der Waals surface area (Å²) in [6.07, 6.45) is 1.87. The van der Waals surface area contributed by atoms with Gasteiger partial charge in [0.2, 0.25) is 5.89 Å². The van der Waals surface area contributed by atoms with Crippen LogP contribution in [-0.2, 0) is 25.5 Å². The zero-order valence-corrected chi connectivity index (χ0v) is 15.5. The van der Waals surface area contributed by atoms with Crippen molar-refractivity contribution in [1.29, 1.82) is 0 Å². The molecule has 4 unspecified atom stereocenters. The van der Waals surface area contributed by atoms with Crippen molar-refractivity contribution in [3.63, 3.8) is 0 Å². The Morgan fingerprint density at radius 3 is 2.54 bits per heavy atom. The molecule has 1 fully saturated rings. The molecule has 0 radical (unpaired) electrons. The topological polar surface area (TPSA) is 107 Å². The van der Waals surface area contributed by atoms with Crippen LogP contribution in [0.2, 0.25) is 0 Å². The highest BCUT2D eigenvalue weighted by Gasteiger charge is 2.50. The van der Waals surface area contributed by atoms with E-state index in [-0.39, 0.29) is 12.3 Å². The van der Waals surface area contributed by atoms with Crippen LogP contribution < -0.4 is 0 Å². The summed E-state index contributed by atoms with van der Waals surface area (Å²) in [5, 5.41) is 8.92. The first kappa shape index (κ1) is 18.4. The van der Waals surface area contributed by atoms with Gasteiger partial charge in [0.1, 0.15) is 5.76 Å². The van der Waals surface area contributed by atoms with E-state index in [1.807, 2.05) is 37.3 Å². The third-order valence-electron chi connectivity index (χ3n) is 5.57. The van der Waals surface area contributed by atoms with E-state index in [4.69, 9.17) is 14.3 Å². The molecule has 2 aliphatic carbocycles. The number of carboxylic acid groups (broad SMARTS) is 1. The Bertz CT molecular complexity index is 918. The predicted octanol–water partition coefficient (Wildman–Crippen LogP) is 3.19. The molecule has 0 amide bonds. The van der Waals surface area contributed by atoms with Crippen molar-refractivity contribution >= 4 is 17.9 Å². The monoisotopic (exact) mass is 383 g/mol. The van der Waals surface area contributed by atoms with Gasteiger partial charge in [-0.2, -0.15) is 0 Å². The number of carboxylic acids is 1. The number of nitrogens with zero attached hydrogens (tertiary/aromatic N) is 1. The van der Waals surface area contributed by atoms with E-state index in [2.05, 4.69) is 4.98 Å². The van der Waals surface area contributed by atoms with E-state index in [1.54, 1.807) is 0 Å². The van der Waals surface area contributed by atoms with E-state index in [0.29, 0.717) is 24.5 Å². The summed E-state index contributed by atoms with van der Waals surface area (Å²) in [7, 11) is 0. The molecule has 1 aromatic heterocycles. The summed E-state index contributed by atoms with van der Waals surface area (Å²) in [6, 6.07) is 9.56. The number of benzene rings is 1. The minimum absolute atomic E-state index is 0.0466. The molecule has 7 nitrogen and oxygen atoms in total. The third kappa shape index (κ3) is 3.44. The predicted molar refractivity (Wildman–Crippen MR) is 97.1 cm³/mol. The van der Waals surface area contributed by atoms with Gasteiger partial charge in [0.05, 0.1) is 23.4 Å². The van der Waals surface area contributed by atoms with Gasteiger partial charge in [-0.3, -0.25) is 14.4 Å². The number of esters is 2. The van der Waals surface area contributed by atoms with E-state index < -0.39 is 35.7 Å². The molecule has 2 aromatic rings. The summed E-state index contributed by atoms with van der Waals surface area (Å²) < 4.78 is 10.9. The molecule has 0 bridgehead atoms. The molecular formula is C21H21NO6. The van der Waals surface area contributed by atoms with Crippen molar-refractivity contribution in [1.82, 2.24) is 4.98 Å². The molecule has 0 spiro atoms. The Kier molecular flexibility index (Phi) is 4.75. The van der Waals surface area contributed by atoms with Crippen LogP contribution in [0, 0.1) is 17.8 Å². The van der Waals surface area contributed by atoms with Crippen LogP contribution in [0.4, 0.5) is 0 Å². The van der Waals surface area contributed by atoms with Gasteiger partial charge in [0, 0.05) is 17.9 Å². The second-order valence-electron chi connectivity index (χ2n) is 7.46. The maximum atomic E-state index is 12.5. The Labute approximate surface area is 161 Å². The van der Waals surface area contributed by atoms with Crippen molar-refractivity contribution in [2.24, 2.45) is 17.8 Å². The molecule has 4 atom stereocenters. The van der Waals surface area contributed by atoms with E-state index in [0.717, 1.165) is 17.7 Å². The average molecular weight is 383 g/mol. The van der Waals surface area contributed by atoms with Gasteiger partial charge in [0.15, 0.2) is 0 Å². The van der Waals surface area contributed by atoms with Crippen molar-refractivity contribution in [3.05, 3.63) is 41.8 Å². The highest BCUT2D eigenvalue weighted by molar-refractivity contribution is 5.93. The lowest BCUT2D eigenvalue weighted by molar-refractivity contribution is -0.165. The number of fused-ring (bicyclic) bond motifs is 1. The zero-order valence-electron chi connectivity index (χ0n) is 15.5. The fourth-order valence-electron chi connectivity index (χ4n) is 3.82. The number of rotatable bonds is 5. The number of hydrogen-bond donors (Lipinski definition) is 1. The quantitative estimate of drug-likeness (QED) is 0.624. The fourth-order valence-corrected chi connectivity index (χ4v) is 3.82. The van der Waals surface area contributed by atoms with E-state index in [1.165, 1.54) is 0 Å². The van der Waals surface area contributed by atoms with Crippen molar-refractivity contribution in [2.45, 2.75) is 38.5 Å². The first-order valence-corrected chi connectivity index (χ1v) is 9.51. The second-order valence-corrected chi connectivity index (χ2v) is 7.46. The lowest BCUT2D eigenvalue weighted by Crippen LogP contribution is -2.29. The van der Waals surface area contributed by atoms with Gasteiger partial charge >= 0.3 is 17.9 Å². The first-order chi connectivity index (χ1) is 13.5. The SMILES string of the molecule is CCC1CC(C(=O)OC(=O)C2CC2C(=O)O)Cc2oc(-c3ccccc3)nc21. The lowest BCUT2D eigenvalue weighted by atomic mass is 9.81. The molecule has 0 aliphatic heterocycles. The zero-order chi connectivity index (χ0) is 19.8. The first-order valence-electron chi connectivity index (χ1n) is 9.51. The molecule has 146 valence electrons. The molecule has 1 aromatic carbocycles. The molecule has 1 saturated carbocycles. The largest absolute Gasteiger partial charge is 0.481 e. The highest BCUT2D eigenvalue weighted by Crippen LogP contribution is 2.41. The number of ether oxygens (including phenoxy) is 1. The van der Waals surface area contributed by atoms with Crippen LogP contribution in [0.3, 0.4) is 0 Å². The van der Waals surface area contributed by atoms with Crippen LogP contribution >= 0.6 is 0 Å². The van der Waals surface area contributed by atoms with Gasteiger partial charge in [-0.15, -0.1) is 0 Å². The second kappa shape index (κ2) is 7.22. The van der Waals surface area contributed by atoms with Gasteiger partial charge in [-0.25, -0.2) is 4.98 Å². The number of aromatic nitrogens is 1. The van der Waals surface area contributed by atoms with Gasteiger partial charge in [0.25, 0.3) is 0 Å². The van der Waals surface area contributed by atoms with Crippen LogP contribution in [0.1, 0.15) is 43.6 Å². The van der Waals surface area contributed by atoms with Gasteiger partial charge in [-0.05, 0) is 31.4 Å². The van der Waals surface area contributed by atoms with Crippen molar-refractivity contribution in [3.8, 4) is 11.5 Å². The molecule has 0 saturated heterocycles. The third-order valence-corrected chi connectivity index (χ3v) is 5.57. The average Bonchev–Trinajstić information content (AvgIpc) is 3.40. The standard InChI is InChI=1S/C21H21NO6/c1-2-11-8-13(20(25)28-21(26)15-10-14(15)19(23)24)9-16-17(11)22-18(27-16)12-6-4-3-5-7-12/h3-7,11,13-15H,2,8-10H2,1H3,(H,23,24). The Hall–Kier alpha value is -2.96. The summed E-state index contributed by atoms with van der Waals surface area (Å²) in [5.74, 6) is -3.09. The Morgan fingerprint density at radius 2 is 1.89 bits per heavy atom. The molecule has 4 rings (SSSR count). The Balaban J connectivity index is 1.48. The van der Waals surface area contributed by atoms with E-state index >= 15 is 0 Å².